The molecule has 0 unspecified atom stereocenters. The van der Waals surface area contributed by atoms with Crippen molar-refractivity contribution in [3.63, 3.8) is 0 Å². The summed E-state index contributed by atoms with van der Waals surface area (Å²) in [4.78, 5) is 18.3. The van der Waals surface area contributed by atoms with Gasteiger partial charge in [0.05, 0.1) is 6.04 Å². The number of urea groups is 1. The van der Waals surface area contributed by atoms with Gasteiger partial charge in [-0.25, -0.2) is 4.79 Å². The molecule has 2 heterocycles. The molecular weight excluding hydrogens is 306 g/mol. The summed E-state index contributed by atoms with van der Waals surface area (Å²) in [5.41, 5.74) is 3.34. The fraction of sp³-hybridized carbons (Fsp3) is 0.333. The highest BCUT2D eigenvalue weighted by Crippen LogP contribution is 2.21. The summed E-state index contributed by atoms with van der Waals surface area (Å²) in [6, 6.07) is 12.3. The molecule has 0 saturated carbocycles. The maximum Gasteiger partial charge on any atom is 0.317 e. The minimum absolute atomic E-state index is 0.0000259. The van der Waals surface area contributed by atoms with Crippen LogP contribution < -0.4 is 5.32 Å². The van der Waals surface area contributed by atoms with Gasteiger partial charge in [0.1, 0.15) is 0 Å². The van der Waals surface area contributed by atoms with Crippen molar-refractivity contribution in [3.05, 3.63) is 54.4 Å². The van der Waals surface area contributed by atoms with E-state index in [2.05, 4.69) is 34.6 Å². The van der Waals surface area contributed by atoms with E-state index in [0.717, 1.165) is 41.3 Å². The second kappa shape index (κ2) is 7.51. The van der Waals surface area contributed by atoms with Crippen molar-refractivity contribution in [1.29, 1.82) is 0 Å². The predicted molar refractivity (Wildman–Crippen MR) is 95.5 cm³/mol. The number of pyridine rings is 1. The van der Waals surface area contributed by atoms with Gasteiger partial charge in [0.25, 0.3) is 0 Å². The summed E-state index contributed by atoms with van der Waals surface area (Å²) >= 11 is 1.90. The number of nitrogens with one attached hydrogen (secondary N) is 1. The first-order chi connectivity index (χ1) is 11.2. The van der Waals surface area contributed by atoms with Gasteiger partial charge >= 0.3 is 6.03 Å². The van der Waals surface area contributed by atoms with Crippen molar-refractivity contribution in [3.8, 4) is 11.1 Å². The molecule has 0 bridgehead atoms. The third-order valence-corrected chi connectivity index (χ3v) is 4.99. The van der Waals surface area contributed by atoms with Gasteiger partial charge in [0.2, 0.25) is 0 Å². The molecule has 1 fully saturated rings. The van der Waals surface area contributed by atoms with Crippen molar-refractivity contribution in [2.24, 2.45) is 0 Å². The first kappa shape index (κ1) is 15.9. The van der Waals surface area contributed by atoms with E-state index in [1.54, 1.807) is 6.20 Å². The molecule has 0 radical (unpaired) electrons. The molecule has 0 spiro atoms. The number of benzene rings is 1. The summed E-state index contributed by atoms with van der Waals surface area (Å²) in [5.74, 6) is 2.06. The molecule has 1 N–H and O–H groups in total. The van der Waals surface area contributed by atoms with E-state index in [9.17, 15) is 4.79 Å². The number of hydrogen-bond acceptors (Lipinski definition) is 3. The quantitative estimate of drug-likeness (QED) is 0.937. The van der Waals surface area contributed by atoms with Crippen LogP contribution in [0.2, 0.25) is 0 Å². The first-order valence-electron chi connectivity index (χ1n) is 7.87. The summed E-state index contributed by atoms with van der Waals surface area (Å²) in [6.45, 7) is 3.70. The van der Waals surface area contributed by atoms with Crippen LogP contribution >= 0.6 is 11.8 Å². The number of aromatic nitrogens is 1. The molecule has 1 aliphatic heterocycles. The van der Waals surface area contributed by atoms with Gasteiger partial charge in [-0.3, -0.25) is 4.98 Å². The normalized spacial score (nSPS) is 16.0. The summed E-state index contributed by atoms with van der Waals surface area (Å²) in [7, 11) is 0. The van der Waals surface area contributed by atoms with Crippen LogP contribution in [0.3, 0.4) is 0 Å². The van der Waals surface area contributed by atoms with Crippen LogP contribution in [0.4, 0.5) is 4.79 Å². The zero-order valence-electron chi connectivity index (χ0n) is 13.2. The zero-order chi connectivity index (χ0) is 16.1. The first-order valence-corrected chi connectivity index (χ1v) is 9.03. The minimum Gasteiger partial charge on any atom is -0.331 e. The van der Waals surface area contributed by atoms with Gasteiger partial charge in [0.15, 0.2) is 0 Å². The van der Waals surface area contributed by atoms with Gasteiger partial charge < -0.3 is 10.2 Å². The van der Waals surface area contributed by atoms with Gasteiger partial charge in [-0.1, -0.05) is 30.3 Å². The van der Waals surface area contributed by atoms with Crippen molar-refractivity contribution in [2.75, 3.05) is 24.6 Å². The average Bonchev–Trinajstić information content (AvgIpc) is 2.63. The van der Waals surface area contributed by atoms with E-state index in [1.807, 2.05) is 41.9 Å². The number of hydrogen-bond donors (Lipinski definition) is 1. The lowest BCUT2D eigenvalue weighted by atomic mass is 10.0. The highest BCUT2D eigenvalue weighted by atomic mass is 32.2. The monoisotopic (exact) mass is 327 g/mol. The molecule has 2 aromatic rings. The molecule has 2 amide bonds. The molecular formula is C18H21N3OS. The second-order valence-corrected chi connectivity index (χ2v) is 6.86. The Morgan fingerprint density at radius 2 is 1.91 bits per heavy atom. The summed E-state index contributed by atoms with van der Waals surface area (Å²) in [6.07, 6.45) is 3.63. The number of rotatable bonds is 3. The van der Waals surface area contributed by atoms with E-state index < -0.39 is 0 Å². The molecule has 3 rings (SSSR count). The topological polar surface area (TPSA) is 45.2 Å². The van der Waals surface area contributed by atoms with Crippen LogP contribution in [0, 0.1) is 0 Å². The number of thioether (sulfide) groups is 1. The molecule has 1 aliphatic rings. The van der Waals surface area contributed by atoms with Crippen molar-refractivity contribution >= 4 is 17.8 Å². The maximum absolute atomic E-state index is 12.3. The third-order valence-electron chi connectivity index (χ3n) is 4.04. The van der Waals surface area contributed by atoms with E-state index in [-0.39, 0.29) is 12.1 Å². The Hall–Kier alpha value is -2.01. The van der Waals surface area contributed by atoms with Crippen LogP contribution in [-0.2, 0) is 0 Å². The number of amides is 2. The number of nitrogens with zero attached hydrogens (tertiary/aromatic N) is 2. The molecule has 1 aromatic heterocycles. The standard InChI is InChI=1S/C18H21N3OS/c1-14(20-18(22)21-9-11-23-12-10-21)15-4-6-16(7-5-15)17-3-2-8-19-13-17/h2-8,13-14H,9-12H2,1H3,(H,20,22)/t14-/m0/s1. The zero-order valence-corrected chi connectivity index (χ0v) is 14.1. The SMILES string of the molecule is C[C@H](NC(=O)N1CCSCC1)c1ccc(-c2cccnc2)cc1. The van der Waals surface area contributed by atoms with Crippen molar-refractivity contribution < 1.29 is 4.79 Å². The van der Waals surface area contributed by atoms with E-state index >= 15 is 0 Å². The number of carbonyl (C=O) groups is 1. The molecule has 0 aliphatic carbocycles. The van der Waals surface area contributed by atoms with Gasteiger partial charge in [0, 0.05) is 37.0 Å². The lowest BCUT2D eigenvalue weighted by Gasteiger charge is -2.28. The third kappa shape index (κ3) is 4.05. The molecule has 1 atom stereocenters. The van der Waals surface area contributed by atoms with Crippen molar-refractivity contribution in [1.82, 2.24) is 15.2 Å². The second-order valence-electron chi connectivity index (χ2n) is 5.63. The maximum atomic E-state index is 12.3. The van der Waals surface area contributed by atoms with Gasteiger partial charge in [-0.15, -0.1) is 0 Å². The Morgan fingerprint density at radius 1 is 1.17 bits per heavy atom. The molecule has 1 saturated heterocycles. The Morgan fingerprint density at radius 3 is 2.57 bits per heavy atom. The fourth-order valence-corrected chi connectivity index (χ4v) is 3.53. The minimum atomic E-state index is 0.0000259. The van der Waals surface area contributed by atoms with E-state index in [4.69, 9.17) is 0 Å². The fourth-order valence-electron chi connectivity index (χ4n) is 2.62. The largest absolute Gasteiger partial charge is 0.331 e. The van der Waals surface area contributed by atoms with Crippen LogP contribution in [0.15, 0.2) is 48.8 Å². The Labute approximate surface area is 141 Å². The summed E-state index contributed by atoms with van der Waals surface area (Å²) in [5, 5.41) is 3.09. The molecule has 120 valence electrons. The molecule has 5 heteroatoms. The Bertz CT molecular complexity index is 639. The Kier molecular flexibility index (Phi) is 5.18. The highest BCUT2D eigenvalue weighted by molar-refractivity contribution is 7.99. The molecule has 1 aromatic carbocycles. The smallest absolute Gasteiger partial charge is 0.317 e. The van der Waals surface area contributed by atoms with Gasteiger partial charge in [-0.2, -0.15) is 11.8 Å². The predicted octanol–water partition coefficient (Wildman–Crippen LogP) is 3.57. The molecule has 23 heavy (non-hydrogen) atoms. The molecule has 4 nitrogen and oxygen atoms in total. The lowest BCUT2D eigenvalue weighted by molar-refractivity contribution is 0.200. The Balaban J connectivity index is 1.63. The van der Waals surface area contributed by atoms with Crippen LogP contribution in [0.1, 0.15) is 18.5 Å². The average molecular weight is 327 g/mol. The van der Waals surface area contributed by atoms with Gasteiger partial charge in [-0.05, 0) is 29.7 Å². The van der Waals surface area contributed by atoms with E-state index in [0.29, 0.717) is 0 Å². The van der Waals surface area contributed by atoms with E-state index in [1.165, 1.54) is 0 Å². The highest BCUT2D eigenvalue weighted by Gasteiger charge is 2.18. The van der Waals surface area contributed by atoms with Crippen molar-refractivity contribution in [2.45, 2.75) is 13.0 Å². The number of carbonyl (C=O) groups excluding carboxylic acids is 1. The van der Waals surface area contributed by atoms with Crippen LogP contribution in [0.25, 0.3) is 11.1 Å². The van der Waals surface area contributed by atoms with Crippen LogP contribution in [-0.4, -0.2) is 40.5 Å². The van der Waals surface area contributed by atoms with Crippen LogP contribution in [0.5, 0.6) is 0 Å². The summed E-state index contributed by atoms with van der Waals surface area (Å²) < 4.78 is 0. The lowest BCUT2D eigenvalue weighted by Crippen LogP contribution is -2.45.